The van der Waals surface area contributed by atoms with Gasteiger partial charge in [0.05, 0.1) is 11.7 Å². The molecule has 2 aliphatic rings. The number of hydrogen-bond donors (Lipinski definition) is 1. The number of rotatable bonds is 3. The summed E-state index contributed by atoms with van der Waals surface area (Å²) in [5, 5.41) is 0.518. The van der Waals surface area contributed by atoms with Crippen LogP contribution < -0.4 is 15.2 Å². The molecule has 1 atom stereocenters. The number of fused-ring (bicyclic) bond motifs is 2. The number of nitrogens with one attached hydrogen (secondary N) is 1. The molecule has 6 heteroatoms. The standard InChI is InChI=1S/C25H27N3O3/c1-17-12-13-20-18(8-3-2-5-14-28(20)22-11-4-6-15-30-22)24(17)31-21-10-7-9-19-23(21)26-16-27-25(19)29/h3,7-10,12-13,16,22H,2,4-6,11,14-15H2,1H3,(H,26,27,29)/b8-3+. The third-order valence-corrected chi connectivity index (χ3v) is 6.08. The van der Waals surface area contributed by atoms with Gasteiger partial charge in [-0.05, 0) is 62.8 Å². The molecule has 1 unspecified atom stereocenters. The van der Waals surface area contributed by atoms with Gasteiger partial charge in [-0.2, -0.15) is 0 Å². The predicted octanol–water partition coefficient (Wildman–Crippen LogP) is 5.16. The monoisotopic (exact) mass is 417 g/mol. The summed E-state index contributed by atoms with van der Waals surface area (Å²) < 4.78 is 12.6. The Morgan fingerprint density at radius 1 is 1.19 bits per heavy atom. The molecular weight excluding hydrogens is 390 g/mol. The van der Waals surface area contributed by atoms with Crippen LogP contribution in [0.2, 0.25) is 0 Å². The van der Waals surface area contributed by atoms with Gasteiger partial charge in [-0.3, -0.25) is 4.79 Å². The van der Waals surface area contributed by atoms with Crippen LogP contribution in [0.15, 0.2) is 47.5 Å². The predicted molar refractivity (Wildman–Crippen MR) is 123 cm³/mol. The zero-order valence-electron chi connectivity index (χ0n) is 17.8. The fourth-order valence-electron chi connectivity index (χ4n) is 4.48. The fraction of sp³-hybridized carbons (Fsp3) is 0.360. The molecule has 6 nitrogen and oxygen atoms in total. The Morgan fingerprint density at radius 2 is 2.13 bits per heavy atom. The van der Waals surface area contributed by atoms with Crippen molar-refractivity contribution in [3.63, 3.8) is 0 Å². The van der Waals surface area contributed by atoms with E-state index in [9.17, 15) is 4.79 Å². The first kappa shape index (κ1) is 19.8. The molecule has 1 saturated heterocycles. The second-order valence-electron chi connectivity index (χ2n) is 8.19. The maximum atomic E-state index is 12.2. The van der Waals surface area contributed by atoms with Gasteiger partial charge in [0.25, 0.3) is 5.56 Å². The first-order chi connectivity index (χ1) is 15.2. The van der Waals surface area contributed by atoms with Crippen LogP contribution >= 0.6 is 0 Å². The molecule has 5 rings (SSSR count). The normalized spacial score (nSPS) is 20.0. The Kier molecular flexibility index (Phi) is 5.47. The van der Waals surface area contributed by atoms with Gasteiger partial charge in [-0.25, -0.2) is 4.98 Å². The number of hydrogen-bond acceptors (Lipinski definition) is 5. The number of H-pyrrole nitrogens is 1. The number of anilines is 1. The molecule has 160 valence electrons. The van der Waals surface area contributed by atoms with Crippen molar-refractivity contribution in [3.8, 4) is 11.5 Å². The van der Waals surface area contributed by atoms with Crippen LogP contribution in [0.4, 0.5) is 5.69 Å². The van der Waals surface area contributed by atoms with Gasteiger partial charge in [0.15, 0.2) is 5.75 Å². The third-order valence-electron chi connectivity index (χ3n) is 6.08. The highest BCUT2D eigenvalue weighted by molar-refractivity contribution is 5.84. The first-order valence-electron chi connectivity index (χ1n) is 11.0. The van der Waals surface area contributed by atoms with Gasteiger partial charge in [-0.1, -0.05) is 24.3 Å². The molecular formula is C25H27N3O3. The summed E-state index contributed by atoms with van der Waals surface area (Å²) in [6, 6.07) is 9.73. The summed E-state index contributed by atoms with van der Waals surface area (Å²) in [7, 11) is 0. The van der Waals surface area contributed by atoms with Gasteiger partial charge >= 0.3 is 0 Å². The second kappa shape index (κ2) is 8.55. The minimum atomic E-state index is -0.170. The molecule has 1 fully saturated rings. The maximum absolute atomic E-state index is 12.2. The summed E-state index contributed by atoms with van der Waals surface area (Å²) >= 11 is 0. The average molecular weight is 418 g/mol. The SMILES string of the molecule is Cc1ccc2c(c1Oc1cccc3c(=O)[nH]cnc13)/C=C/CCCN2C1CCCCO1. The molecule has 0 radical (unpaired) electrons. The van der Waals surface area contributed by atoms with Crippen LogP contribution in [-0.4, -0.2) is 29.3 Å². The Labute approximate surface area is 181 Å². The van der Waals surface area contributed by atoms with Crippen LogP contribution in [0.5, 0.6) is 11.5 Å². The quantitative estimate of drug-likeness (QED) is 0.637. The molecule has 3 aromatic rings. The molecule has 2 aromatic carbocycles. The average Bonchev–Trinajstić information content (AvgIpc) is 2.78. The Morgan fingerprint density at radius 3 is 3.00 bits per heavy atom. The number of aromatic nitrogens is 2. The van der Waals surface area contributed by atoms with Crippen molar-refractivity contribution in [1.82, 2.24) is 9.97 Å². The van der Waals surface area contributed by atoms with Crippen LogP contribution in [0, 0.1) is 6.92 Å². The highest BCUT2D eigenvalue weighted by Gasteiger charge is 2.26. The van der Waals surface area contributed by atoms with Crippen molar-refractivity contribution < 1.29 is 9.47 Å². The van der Waals surface area contributed by atoms with Gasteiger partial charge in [0.2, 0.25) is 0 Å². The van der Waals surface area contributed by atoms with Gasteiger partial charge in [-0.15, -0.1) is 0 Å². The lowest BCUT2D eigenvalue weighted by Gasteiger charge is -2.37. The summed E-state index contributed by atoms with van der Waals surface area (Å²) in [6.07, 6.45) is 11.4. The maximum Gasteiger partial charge on any atom is 0.258 e. The van der Waals surface area contributed by atoms with Crippen LogP contribution in [0.3, 0.4) is 0 Å². The molecule has 1 aromatic heterocycles. The van der Waals surface area contributed by atoms with E-state index in [1.807, 2.05) is 12.1 Å². The van der Waals surface area contributed by atoms with E-state index >= 15 is 0 Å². The topological polar surface area (TPSA) is 67.5 Å². The Bertz CT molecular complexity index is 1180. The van der Waals surface area contributed by atoms with Crippen LogP contribution in [0.25, 0.3) is 17.0 Å². The van der Waals surface area contributed by atoms with E-state index in [1.54, 1.807) is 6.07 Å². The van der Waals surface area contributed by atoms with Crippen molar-refractivity contribution in [2.75, 3.05) is 18.1 Å². The van der Waals surface area contributed by atoms with Crippen LogP contribution in [-0.2, 0) is 4.74 Å². The summed E-state index contributed by atoms with van der Waals surface area (Å²) in [4.78, 5) is 21.6. The van der Waals surface area contributed by atoms with E-state index < -0.39 is 0 Å². The number of ether oxygens (including phenoxy) is 2. The highest BCUT2D eigenvalue weighted by Crippen LogP contribution is 2.40. The molecule has 0 spiro atoms. The van der Waals surface area contributed by atoms with E-state index in [-0.39, 0.29) is 11.8 Å². The third kappa shape index (κ3) is 3.83. The van der Waals surface area contributed by atoms with Crippen LogP contribution in [0.1, 0.15) is 43.2 Å². The van der Waals surface area contributed by atoms with E-state index in [2.05, 4.69) is 46.1 Å². The molecule has 3 heterocycles. The summed E-state index contributed by atoms with van der Waals surface area (Å²) in [5.74, 6) is 1.38. The van der Waals surface area contributed by atoms with E-state index in [0.29, 0.717) is 16.7 Å². The number of nitrogens with zero attached hydrogens (tertiary/aromatic N) is 2. The van der Waals surface area contributed by atoms with Gasteiger partial charge in [0.1, 0.15) is 17.5 Å². The zero-order chi connectivity index (χ0) is 21.2. The lowest BCUT2D eigenvalue weighted by molar-refractivity contribution is 0.0141. The molecule has 31 heavy (non-hydrogen) atoms. The van der Waals surface area contributed by atoms with Gasteiger partial charge < -0.3 is 19.4 Å². The summed E-state index contributed by atoms with van der Waals surface area (Å²) in [5.41, 5.74) is 3.61. The van der Waals surface area contributed by atoms with Crippen molar-refractivity contribution >= 4 is 22.7 Å². The van der Waals surface area contributed by atoms with Crippen molar-refractivity contribution in [3.05, 3.63) is 64.2 Å². The van der Waals surface area contributed by atoms with E-state index in [1.165, 1.54) is 12.7 Å². The largest absolute Gasteiger partial charge is 0.454 e. The van der Waals surface area contributed by atoms with Crippen molar-refractivity contribution in [2.45, 2.75) is 45.3 Å². The molecule has 1 N–H and O–H groups in total. The molecule has 0 amide bonds. The van der Waals surface area contributed by atoms with Crippen molar-refractivity contribution in [1.29, 1.82) is 0 Å². The molecule has 0 bridgehead atoms. The van der Waals surface area contributed by atoms with Gasteiger partial charge in [0, 0.05) is 24.4 Å². The zero-order valence-corrected chi connectivity index (χ0v) is 17.8. The molecule has 0 aliphatic carbocycles. The highest BCUT2D eigenvalue weighted by atomic mass is 16.5. The van der Waals surface area contributed by atoms with E-state index in [4.69, 9.17) is 9.47 Å². The molecule has 0 saturated carbocycles. The second-order valence-corrected chi connectivity index (χ2v) is 8.19. The first-order valence-corrected chi connectivity index (χ1v) is 11.0. The number of allylic oxidation sites excluding steroid dienone is 1. The molecule has 2 aliphatic heterocycles. The lowest BCUT2D eigenvalue weighted by Crippen LogP contribution is -2.41. The number of para-hydroxylation sites is 1. The minimum absolute atomic E-state index is 0.104. The fourth-order valence-corrected chi connectivity index (χ4v) is 4.48. The number of benzene rings is 2. The minimum Gasteiger partial charge on any atom is -0.454 e. The smallest absolute Gasteiger partial charge is 0.258 e. The number of aromatic amines is 1. The Balaban J connectivity index is 1.61. The van der Waals surface area contributed by atoms with E-state index in [0.717, 1.165) is 61.4 Å². The van der Waals surface area contributed by atoms with Crippen molar-refractivity contribution in [2.24, 2.45) is 0 Å². The lowest BCUT2D eigenvalue weighted by atomic mass is 10.0. The number of aryl methyl sites for hydroxylation is 1. The summed E-state index contributed by atoms with van der Waals surface area (Å²) in [6.45, 7) is 3.82. The Hall–Kier alpha value is -3.12.